The molecule has 0 fully saturated rings. The summed E-state index contributed by atoms with van der Waals surface area (Å²) in [6.07, 6.45) is -0.427. The van der Waals surface area contributed by atoms with Gasteiger partial charge in [-0.15, -0.1) is 11.3 Å². The predicted octanol–water partition coefficient (Wildman–Crippen LogP) is 1.54. The van der Waals surface area contributed by atoms with Gasteiger partial charge >= 0.3 is 12.0 Å². The van der Waals surface area contributed by atoms with Gasteiger partial charge in [-0.3, -0.25) is 4.79 Å². The number of aliphatic hydroxyl groups is 1. The normalized spacial score (nSPS) is 13.6. The summed E-state index contributed by atoms with van der Waals surface area (Å²) < 4.78 is 0.927. The molecule has 0 radical (unpaired) electrons. The summed E-state index contributed by atoms with van der Waals surface area (Å²) in [6.45, 7) is 1.60. The minimum atomic E-state index is -1.47. The second-order valence-corrected chi connectivity index (χ2v) is 6.15. The molecule has 0 aliphatic rings. The monoisotopic (exact) mass is 350 g/mol. The highest BCUT2D eigenvalue weighted by atomic mass is 79.9. The number of carbonyl (C=O) groups excluding carboxylic acids is 1. The van der Waals surface area contributed by atoms with Gasteiger partial charge in [-0.05, 0) is 34.3 Å². The van der Waals surface area contributed by atoms with Crippen molar-refractivity contribution in [3.8, 4) is 0 Å². The summed E-state index contributed by atoms with van der Waals surface area (Å²) in [7, 11) is 0. The lowest BCUT2D eigenvalue weighted by Gasteiger charge is -2.21. The van der Waals surface area contributed by atoms with Crippen LogP contribution >= 0.6 is 27.3 Å². The van der Waals surface area contributed by atoms with Gasteiger partial charge in [-0.2, -0.15) is 0 Å². The second-order valence-electron chi connectivity index (χ2n) is 4.30. The molecule has 0 spiro atoms. The van der Waals surface area contributed by atoms with Crippen molar-refractivity contribution in [1.29, 1.82) is 0 Å². The van der Waals surface area contributed by atoms with Crippen LogP contribution in [0.1, 0.15) is 18.2 Å². The van der Waals surface area contributed by atoms with Gasteiger partial charge in [0.25, 0.3) is 0 Å². The minimum absolute atomic E-state index is 0.128. The average Bonchev–Trinajstić information content (AvgIpc) is 2.68. The number of aliphatic carboxylic acids is 1. The molecule has 1 unspecified atom stereocenters. The van der Waals surface area contributed by atoms with Crippen molar-refractivity contribution in [2.24, 2.45) is 0 Å². The van der Waals surface area contributed by atoms with Crippen molar-refractivity contribution in [3.05, 3.63) is 20.8 Å². The highest BCUT2D eigenvalue weighted by Gasteiger charge is 2.24. The molecule has 8 heteroatoms. The maximum atomic E-state index is 11.5. The zero-order valence-electron chi connectivity index (χ0n) is 10.3. The molecule has 4 N–H and O–H groups in total. The number of carboxylic acid groups (broad SMARTS) is 1. The number of amides is 2. The Morgan fingerprint density at radius 3 is 2.68 bits per heavy atom. The lowest BCUT2D eigenvalue weighted by molar-refractivity contribution is -0.141. The molecule has 19 heavy (non-hydrogen) atoms. The van der Waals surface area contributed by atoms with Crippen LogP contribution in [0.5, 0.6) is 0 Å². The first-order chi connectivity index (χ1) is 8.80. The molecule has 106 valence electrons. The summed E-state index contributed by atoms with van der Waals surface area (Å²) in [5.74, 6) is -1.12. The van der Waals surface area contributed by atoms with Crippen LogP contribution in [0.4, 0.5) is 4.79 Å². The number of carboxylic acids is 1. The zero-order valence-corrected chi connectivity index (χ0v) is 12.7. The molecule has 0 aliphatic heterocycles. The summed E-state index contributed by atoms with van der Waals surface area (Å²) in [5, 5.41) is 25.2. The number of hydrogen-bond donors (Lipinski definition) is 4. The smallest absolute Gasteiger partial charge is 0.315 e. The number of hydrogen-bond acceptors (Lipinski definition) is 4. The third kappa shape index (κ3) is 6.04. The summed E-state index contributed by atoms with van der Waals surface area (Å²) in [5.41, 5.74) is -1.47. The summed E-state index contributed by atoms with van der Waals surface area (Å²) in [6, 6.07) is 1.43. The fraction of sp³-hybridized carbons (Fsp3) is 0.455. The molecular weight excluding hydrogens is 336 g/mol. The van der Waals surface area contributed by atoms with Gasteiger partial charge in [-0.1, -0.05) is 0 Å². The van der Waals surface area contributed by atoms with E-state index in [4.69, 9.17) is 5.11 Å². The Hall–Kier alpha value is -1.12. The molecule has 0 saturated carbocycles. The van der Waals surface area contributed by atoms with Crippen LogP contribution in [0.15, 0.2) is 15.9 Å². The Balaban J connectivity index is 2.32. The van der Waals surface area contributed by atoms with Gasteiger partial charge in [0.05, 0.1) is 18.6 Å². The first-order valence-electron chi connectivity index (χ1n) is 5.48. The van der Waals surface area contributed by atoms with E-state index >= 15 is 0 Å². The Labute approximate surface area is 123 Å². The van der Waals surface area contributed by atoms with Gasteiger partial charge < -0.3 is 20.8 Å². The molecular formula is C11H15BrN2O4S. The molecule has 0 aliphatic carbocycles. The van der Waals surface area contributed by atoms with Crippen LogP contribution in [-0.2, 0) is 11.3 Å². The van der Waals surface area contributed by atoms with Crippen molar-refractivity contribution >= 4 is 39.3 Å². The molecule has 0 aromatic carbocycles. The van der Waals surface area contributed by atoms with E-state index < -0.39 is 24.0 Å². The number of nitrogens with one attached hydrogen (secondary N) is 2. The van der Waals surface area contributed by atoms with E-state index in [1.165, 1.54) is 18.3 Å². The average molecular weight is 351 g/mol. The molecule has 1 aromatic heterocycles. The Kier molecular flexibility index (Phi) is 5.77. The van der Waals surface area contributed by atoms with Crippen LogP contribution in [0.25, 0.3) is 0 Å². The predicted molar refractivity (Wildman–Crippen MR) is 75.1 cm³/mol. The fourth-order valence-electron chi connectivity index (χ4n) is 1.33. The first kappa shape index (κ1) is 15.9. The van der Waals surface area contributed by atoms with E-state index in [0.29, 0.717) is 6.54 Å². The lowest BCUT2D eigenvalue weighted by Crippen LogP contribution is -2.45. The SMILES string of the molecule is CC(O)(CNC(=O)NCc1sccc1Br)CC(=O)O. The lowest BCUT2D eigenvalue weighted by atomic mass is 10.0. The van der Waals surface area contributed by atoms with E-state index in [1.54, 1.807) is 0 Å². The molecule has 2 amide bonds. The van der Waals surface area contributed by atoms with Gasteiger partial charge in [0.2, 0.25) is 0 Å². The topological polar surface area (TPSA) is 98.7 Å². The number of carbonyl (C=O) groups is 2. The van der Waals surface area contributed by atoms with Gasteiger partial charge in [0.1, 0.15) is 0 Å². The van der Waals surface area contributed by atoms with Crippen molar-refractivity contribution in [1.82, 2.24) is 10.6 Å². The van der Waals surface area contributed by atoms with Gasteiger partial charge in [0, 0.05) is 15.9 Å². The van der Waals surface area contributed by atoms with Crippen LogP contribution in [0.2, 0.25) is 0 Å². The highest BCUT2D eigenvalue weighted by molar-refractivity contribution is 9.10. The Bertz CT molecular complexity index is 461. The molecule has 1 aromatic rings. The maximum Gasteiger partial charge on any atom is 0.315 e. The van der Waals surface area contributed by atoms with Crippen molar-refractivity contribution in [3.63, 3.8) is 0 Å². The van der Waals surface area contributed by atoms with Gasteiger partial charge in [0.15, 0.2) is 0 Å². The summed E-state index contributed by atoms with van der Waals surface area (Å²) >= 11 is 4.85. The molecule has 6 nitrogen and oxygen atoms in total. The van der Waals surface area contributed by atoms with Crippen LogP contribution < -0.4 is 10.6 Å². The zero-order chi connectivity index (χ0) is 14.5. The number of thiophene rings is 1. The minimum Gasteiger partial charge on any atom is -0.481 e. The highest BCUT2D eigenvalue weighted by Crippen LogP contribution is 2.22. The Morgan fingerprint density at radius 1 is 1.47 bits per heavy atom. The third-order valence-electron chi connectivity index (χ3n) is 2.26. The van der Waals surface area contributed by atoms with E-state index in [0.717, 1.165) is 9.35 Å². The van der Waals surface area contributed by atoms with Crippen LogP contribution in [0, 0.1) is 0 Å². The van der Waals surface area contributed by atoms with Crippen LogP contribution in [-0.4, -0.2) is 34.4 Å². The standard InChI is InChI=1S/C11H15BrN2O4S/c1-11(18,4-9(15)16)6-14-10(17)13-5-8-7(12)2-3-19-8/h2-3,18H,4-6H2,1H3,(H,15,16)(H2,13,14,17). The number of urea groups is 1. The second kappa shape index (κ2) is 6.88. The molecule has 0 bridgehead atoms. The first-order valence-corrected chi connectivity index (χ1v) is 7.15. The summed E-state index contributed by atoms with van der Waals surface area (Å²) in [4.78, 5) is 23.0. The molecule has 0 saturated heterocycles. The van der Waals surface area contributed by atoms with E-state index in [-0.39, 0.29) is 6.54 Å². The van der Waals surface area contributed by atoms with E-state index in [1.807, 2.05) is 11.4 Å². The van der Waals surface area contributed by atoms with Gasteiger partial charge in [-0.25, -0.2) is 4.79 Å². The molecule has 1 heterocycles. The quantitative estimate of drug-likeness (QED) is 0.625. The number of halogens is 1. The van der Waals surface area contributed by atoms with E-state index in [9.17, 15) is 14.7 Å². The third-order valence-corrected chi connectivity index (χ3v) is 4.19. The van der Waals surface area contributed by atoms with Crippen molar-refractivity contribution in [2.75, 3.05) is 6.54 Å². The van der Waals surface area contributed by atoms with E-state index in [2.05, 4.69) is 26.6 Å². The Morgan fingerprint density at radius 2 is 2.16 bits per heavy atom. The van der Waals surface area contributed by atoms with Crippen molar-refractivity contribution in [2.45, 2.75) is 25.5 Å². The van der Waals surface area contributed by atoms with Crippen LogP contribution in [0.3, 0.4) is 0 Å². The molecule has 1 rings (SSSR count). The largest absolute Gasteiger partial charge is 0.481 e. The van der Waals surface area contributed by atoms with Crippen molar-refractivity contribution < 1.29 is 19.8 Å². The maximum absolute atomic E-state index is 11.5. The fourth-order valence-corrected chi connectivity index (χ4v) is 2.77. The molecule has 1 atom stereocenters. The number of rotatable bonds is 6.